The summed E-state index contributed by atoms with van der Waals surface area (Å²) in [7, 11) is 4.65. The molecule has 2 saturated heterocycles. The highest BCUT2D eigenvalue weighted by molar-refractivity contribution is 5.91. The Morgan fingerprint density at radius 2 is 1.68 bits per heavy atom. The summed E-state index contributed by atoms with van der Waals surface area (Å²) in [6.07, 6.45) is 2.47. The fourth-order valence-electron chi connectivity index (χ4n) is 3.73. The number of rotatable bonds is 8. The predicted molar refractivity (Wildman–Crippen MR) is 104 cm³/mol. The molecule has 0 bridgehead atoms. The molecule has 2 heterocycles. The average molecular weight is 394 g/mol. The Labute approximate surface area is 166 Å². The molecule has 0 unspecified atom stereocenters. The first-order valence-corrected chi connectivity index (χ1v) is 9.70. The highest BCUT2D eigenvalue weighted by atomic mass is 16.7. The van der Waals surface area contributed by atoms with E-state index in [2.05, 4.69) is 10.2 Å². The number of hydrogen-bond acceptors (Lipinski definition) is 7. The first kappa shape index (κ1) is 20.7. The standard InChI is InChI=1S/C20H30N2O6/c1-24-16-12-15(13-17(25-2)19(16)26-3)21-18(23)6-9-22-7-4-14(5-8-22)20-27-10-11-28-20/h12-14,20H,4-11H2,1-3H3,(H,21,23). The summed E-state index contributed by atoms with van der Waals surface area (Å²) < 4.78 is 27.2. The summed E-state index contributed by atoms with van der Waals surface area (Å²) in [6.45, 7) is 4.06. The molecule has 2 aliphatic rings. The fourth-order valence-corrected chi connectivity index (χ4v) is 3.73. The third kappa shape index (κ3) is 5.06. The lowest BCUT2D eigenvalue weighted by molar-refractivity contribution is -0.117. The van der Waals surface area contributed by atoms with Crippen molar-refractivity contribution < 1.29 is 28.5 Å². The van der Waals surface area contributed by atoms with Gasteiger partial charge in [-0.1, -0.05) is 0 Å². The summed E-state index contributed by atoms with van der Waals surface area (Å²) in [5.74, 6) is 1.94. The molecule has 1 amide bonds. The van der Waals surface area contributed by atoms with Crippen molar-refractivity contribution in [3.8, 4) is 17.2 Å². The highest BCUT2D eigenvalue weighted by Gasteiger charge is 2.30. The Hall–Kier alpha value is -2.03. The van der Waals surface area contributed by atoms with E-state index in [1.54, 1.807) is 33.5 Å². The number of anilines is 1. The quantitative estimate of drug-likeness (QED) is 0.724. The molecule has 1 aromatic rings. The van der Waals surface area contributed by atoms with Crippen molar-refractivity contribution in [2.75, 3.05) is 59.5 Å². The van der Waals surface area contributed by atoms with Crippen LogP contribution in [0.1, 0.15) is 19.3 Å². The molecule has 1 N–H and O–H groups in total. The summed E-state index contributed by atoms with van der Waals surface area (Å²) in [5, 5.41) is 2.91. The molecule has 2 fully saturated rings. The van der Waals surface area contributed by atoms with Crippen molar-refractivity contribution in [1.82, 2.24) is 4.90 Å². The van der Waals surface area contributed by atoms with E-state index in [0.29, 0.717) is 48.5 Å². The Morgan fingerprint density at radius 3 is 2.21 bits per heavy atom. The number of hydrogen-bond donors (Lipinski definition) is 1. The molecule has 0 atom stereocenters. The van der Waals surface area contributed by atoms with Gasteiger partial charge in [-0.2, -0.15) is 0 Å². The van der Waals surface area contributed by atoms with Crippen LogP contribution in [-0.4, -0.2) is 71.3 Å². The van der Waals surface area contributed by atoms with E-state index in [9.17, 15) is 4.79 Å². The SMILES string of the molecule is COc1cc(NC(=O)CCN2CCC(C3OCCO3)CC2)cc(OC)c1OC. The number of ether oxygens (including phenoxy) is 5. The van der Waals surface area contributed by atoms with Crippen LogP contribution in [0.3, 0.4) is 0 Å². The maximum absolute atomic E-state index is 12.4. The minimum Gasteiger partial charge on any atom is -0.493 e. The lowest BCUT2D eigenvalue weighted by Crippen LogP contribution is -2.39. The van der Waals surface area contributed by atoms with Gasteiger partial charge in [0.1, 0.15) is 0 Å². The van der Waals surface area contributed by atoms with Crippen LogP contribution in [0.4, 0.5) is 5.69 Å². The fraction of sp³-hybridized carbons (Fsp3) is 0.650. The number of likely N-dealkylation sites (tertiary alicyclic amines) is 1. The molecule has 2 aliphatic heterocycles. The molecule has 0 radical (unpaired) electrons. The van der Waals surface area contributed by atoms with Gasteiger partial charge in [0.25, 0.3) is 0 Å². The molecule has 8 heteroatoms. The number of carbonyl (C=O) groups is 1. The van der Waals surface area contributed by atoms with E-state index in [1.807, 2.05) is 0 Å². The van der Waals surface area contributed by atoms with Gasteiger partial charge in [0.05, 0.1) is 34.5 Å². The van der Waals surface area contributed by atoms with Crippen molar-refractivity contribution in [1.29, 1.82) is 0 Å². The first-order chi connectivity index (χ1) is 13.6. The third-order valence-electron chi connectivity index (χ3n) is 5.27. The van der Waals surface area contributed by atoms with Gasteiger partial charge in [-0.3, -0.25) is 4.79 Å². The second-order valence-electron chi connectivity index (χ2n) is 7.00. The molecule has 28 heavy (non-hydrogen) atoms. The smallest absolute Gasteiger partial charge is 0.225 e. The Balaban J connectivity index is 1.47. The Bertz CT molecular complexity index is 629. The Morgan fingerprint density at radius 1 is 1.07 bits per heavy atom. The van der Waals surface area contributed by atoms with Crippen LogP contribution in [-0.2, 0) is 14.3 Å². The lowest BCUT2D eigenvalue weighted by atomic mass is 9.96. The van der Waals surface area contributed by atoms with E-state index in [-0.39, 0.29) is 12.2 Å². The zero-order valence-corrected chi connectivity index (χ0v) is 16.9. The summed E-state index contributed by atoms with van der Waals surface area (Å²) >= 11 is 0. The van der Waals surface area contributed by atoms with Crippen molar-refractivity contribution in [2.45, 2.75) is 25.6 Å². The summed E-state index contributed by atoms with van der Waals surface area (Å²) in [5.41, 5.74) is 0.619. The van der Waals surface area contributed by atoms with Crippen molar-refractivity contribution in [2.24, 2.45) is 5.92 Å². The molecule has 0 saturated carbocycles. The van der Waals surface area contributed by atoms with Gasteiger partial charge in [-0.25, -0.2) is 0 Å². The van der Waals surface area contributed by atoms with Gasteiger partial charge in [-0.15, -0.1) is 0 Å². The number of nitrogens with one attached hydrogen (secondary N) is 1. The van der Waals surface area contributed by atoms with Crippen molar-refractivity contribution in [3.63, 3.8) is 0 Å². The summed E-state index contributed by atoms with van der Waals surface area (Å²) in [4.78, 5) is 14.7. The van der Waals surface area contributed by atoms with Crippen LogP contribution >= 0.6 is 0 Å². The first-order valence-electron chi connectivity index (χ1n) is 9.70. The number of amides is 1. The van der Waals surface area contributed by atoms with E-state index >= 15 is 0 Å². The number of methoxy groups -OCH3 is 3. The number of carbonyl (C=O) groups excluding carboxylic acids is 1. The molecule has 1 aromatic carbocycles. The van der Waals surface area contributed by atoms with Gasteiger partial charge in [-0.05, 0) is 25.9 Å². The highest BCUT2D eigenvalue weighted by Crippen LogP contribution is 2.39. The number of benzene rings is 1. The molecule has 3 rings (SSSR count). The molecule has 0 spiro atoms. The van der Waals surface area contributed by atoms with Crippen LogP contribution in [0.15, 0.2) is 12.1 Å². The van der Waals surface area contributed by atoms with Crippen molar-refractivity contribution in [3.05, 3.63) is 12.1 Å². The lowest BCUT2D eigenvalue weighted by Gasteiger charge is -2.33. The third-order valence-corrected chi connectivity index (χ3v) is 5.27. The molecule has 8 nitrogen and oxygen atoms in total. The largest absolute Gasteiger partial charge is 0.493 e. The minimum atomic E-state index is -0.0427. The zero-order valence-electron chi connectivity index (χ0n) is 16.9. The number of nitrogens with zero attached hydrogens (tertiary/aromatic N) is 1. The van der Waals surface area contributed by atoms with Gasteiger partial charge in [0.2, 0.25) is 11.7 Å². The van der Waals surface area contributed by atoms with E-state index in [4.69, 9.17) is 23.7 Å². The number of piperidine rings is 1. The monoisotopic (exact) mass is 394 g/mol. The van der Waals surface area contributed by atoms with Crippen LogP contribution in [0.2, 0.25) is 0 Å². The molecular weight excluding hydrogens is 364 g/mol. The molecule has 0 aromatic heterocycles. The second kappa shape index (κ2) is 9.95. The molecular formula is C20H30N2O6. The molecule has 0 aliphatic carbocycles. The zero-order chi connectivity index (χ0) is 19.9. The van der Waals surface area contributed by atoms with E-state index < -0.39 is 0 Å². The van der Waals surface area contributed by atoms with Crippen LogP contribution in [0.25, 0.3) is 0 Å². The van der Waals surface area contributed by atoms with Gasteiger partial charge in [0, 0.05) is 36.7 Å². The normalized spacial score (nSPS) is 18.8. The predicted octanol–water partition coefficient (Wildman–Crippen LogP) is 2.13. The van der Waals surface area contributed by atoms with Gasteiger partial charge in [0.15, 0.2) is 17.8 Å². The Kier molecular flexibility index (Phi) is 7.36. The summed E-state index contributed by atoms with van der Waals surface area (Å²) in [6, 6.07) is 3.46. The van der Waals surface area contributed by atoms with Crippen LogP contribution in [0.5, 0.6) is 17.2 Å². The van der Waals surface area contributed by atoms with E-state index in [1.165, 1.54) is 0 Å². The maximum Gasteiger partial charge on any atom is 0.225 e. The van der Waals surface area contributed by atoms with Crippen LogP contribution in [0, 0.1) is 5.92 Å². The maximum atomic E-state index is 12.4. The van der Waals surface area contributed by atoms with Crippen molar-refractivity contribution >= 4 is 11.6 Å². The van der Waals surface area contributed by atoms with Gasteiger partial charge >= 0.3 is 0 Å². The second-order valence-corrected chi connectivity index (χ2v) is 7.00. The van der Waals surface area contributed by atoms with Crippen LogP contribution < -0.4 is 19.5 Å². The topological polar surface area (TPSA) is 78.5 Å². The van der Waals surface area contributed by atoms with Gasteiger partial charge < -0.3 is 33.9 Å². The van der Waals surface area contributed by atoms with E-state index in [0.717, 1.165) is 32.5 Å². The average Bonchev–Trinajstić information content (AvgIpc) is 3.26. The minimum absolute atomic E-state index is 0.0366. The molecule has 156 valence electrons.